The number of carbonyl (C=O) groups excluding carboxylic acids is 1. The minimum Gasteiger partial charge on any atom is -0.493 e. The number of nitrogens with zero attached hydrogens (tertiary/aromatic N) is 5. The minimum atomic E-state index is -0.422. The van der Waals surface area contributed by atoms with Gasteiger partial charge >= 0.3 is 5.97 Å². The van der Waals surface area contributed by atoms with E-state index in [2.05, 4.69) is 30.8 Å². The molecule has 3 rings (SSSR count). The van der Waals surface area contributed by atoms with Crippen LogP contribution in [0.5, 0.6) is 11.5 Å². The third kappa shape index (κ3) is 6.39. The molecule has 0 amide bonds. The number of nitrogens with one attached hydrogen (secondary N) is 2. The van der Waals surface area contributed by atoms with Crippen LogP contribution < -0.4 is 25.1 Å². The van der Waals surface area contributed by atoms with Gasteiger partial charge < -0.3 is 19.7 Å². The van der Waals surface area contributed by atoms with Crippen molar-refractivity contribution in [1.82, 2.24) is 15.0 Å². The van der Waals surface area contributed by atoms with E-state index in [9.17, 15) is 4.79 Å². The van der Waals surface area contributed by atoms with Crippen LogP contribution in [0.25, 0.3) is 0 Å². The number of benzene rings is 2. The first-order valence-corrected chi connectivity index (χ1v) is 9.81. The zero-order valence-electron chi connectivity index (χ0n) is 18.4. The predicted octanol–water partition coefficient (Wildman–Crippen LogP) is 2.93. The molecule has 0 radical (unpaired) electrons. The van der Waals surface area contributed by atoms with Crippen molar-refractivity contribution in [3.63, 3.8) is 0 Å². The molecule has 10 nitrogen and oxygen atoms in total. The fourth-order valence-electron chi connectivity index (χ4n) is 2.64. The highest BCUT2D eigenvalue weighted by Gasteiger charge is 2.09. The summed E-state index contributed by atoms with van der Waals surface area (Å²) < 4.78 is 10.4. The van der Waals surface area contributed by atoms with Gasteiger partial charge in [0.1, 0.15) is 0 Å². The molecule has 0 atom stereocenters. The molecular formula is C22H25N7O3. The molecule has 1 heterocycles. The summed E-state index contributed by atoms with van der Waals surface area (Å²) in [6.07, 6.45) is 1.58. The highest BCUT2D eigenvalue weighted by Crippen LogP contribution is 2.27. The Bertz CT molecular complexity index is 1090. The van der Waals surface area contributed by atoms with Crippen molar-refractivity contribution >= 4 is 30.0 Å². The van der Waals surface area contributed by atoms with Crippen LogP contribution in [-0.2, 0) is 11.3 Å². The number of ether oxygens (including phenoxy) is 2. The van der Waals surface area contributed by atoms with Gasteiger partial charge in [0.05, 0.1) is 13.3 Å². The molecule has 1 aromatic heterocycles. The van der Waals surface area contributed by atoms with Gasteiger partial charge in [0.15, 0.2) is 11.5 Å². The smallest absolute Gasteiger partial charge is 0.308 e. The molecule has 0 spiro atoms. The van der Waals surface area contributed by atoms with Crippen LogP contribution in [0.15, 0.2) is 53.6 Å². The van der Waals surface area contributed by atoms with Crippen LogP contribution in [0.4, 0.5) is 17.8 Å². The molecule has 2 aromatic carbocycles. The largest absolute Gasteiger partial charge is 0.493 e. The molecule has 0 aliphatic carbocycles. The zero-order valence-corrected chi connectivity index (χ0v) is 18.4. The van der Waals surface area contributed by atoms with Gasteiger partial charge in [-0.2, -0.15) is 20.1 Å². The highest BCUT2D eigenvalue weighted by atomic mass is 16.6. The number of anilines is 3. The summed E-state index contributed by atoms with van der Waals surface area (Å²) in [6.45, 7) is 1.91. The van der Waals surface area contributed by atoms with Crippen molar-refractivity contribution in [2.75, 3.05) is 36.8 Å². The van der Waals surface area contributed by atoms with Gasteiger partial charge in [0.2, 0.25) is 17.8 Å². The summed E-state index contributed by atoms with van der Waals surface area (Å²) in [5, 5.41) is 7.40. The van der Waals surface area contributed by atoms with E-state index in [1.807, 2.05) is 44.4 Å². The average molecular weight is 435 g/mol. The number of rotatable bonds is 9. The molecule has 0 unspecified atom stereocenters. The summed E-state index contributed by atoms with van der Waals surface area (Å²) in [4.78, 5) is 26.1. The van der Waals surface area contributed by atoms with E-state index in [0.717, 1.165) is 11.1 Å². The lowest BCUT2D eigenvalue weighted by Crippen LogP contribution is -2.16. The molecule has 0 aliphatic rings. The number of hydrogen-bond acceptors (Lipinski definition) is 10. The molecule has 0 saturated carbocycles. The lowest BCUT2D eigenvalue weighted by atomic mass is 10.2. The third-order valence-corrected chi connectivity index (χ3v) is 4.14. The summed E-state index contributed by atoms with van der Waals surface area (Å²) in [5.41, 5.74) is 4.67. The van der Waals surface area contributed by atoms with Crippen molar-refractivity contribution in [2.24, 2.45) is 5.10 Å². The Morgan fingerprint density at radius 3 is 2.50 bits per heavy atom. The first-order chi connectivity index (χ1) is 15.4. The number of carbonyl (C=O) groups is 1. The van der Waals surface area contributed by atoms with Crippen molar-refractivity contribution in [1.29, 1.82) is 0 Å². The second-order valence-corrected chi connectivity index (χ2v) is 6.89. The first-order valence-electron chi connectivity index (χ1n) is 9.81. The molecular weight excluding hydrogens is 410 g/mol. The summed E-state index contributed by atoms with van der Waals surface area (Å²) in [5.74, 6) is 1.55. The van der Waals surface area contributed by atoms with Crippen LogP contribution in [-0.4, -0.2) is 48.3 Å². The number of hydrazone groups is 1. The average Bonchev–Trinajstić information content (AvgIpc) is 2.79. The Labute approximate surface area is 186 Å². The molecule has 10 heteroatoms. The maximum Gasteiger partial charge on any atom is 0.308 e. The zero-order chi connectivity index (χ0) is 22.9. The lowest BCUT2D eigenvalue weighted by Gasteiger charge is -2.13. The van der Waals surface area contributed by atoms with Gasteiger partial charge in [-0.3, -0.25) is 4.79 Å². The molecule has 0 bridgehead atoms. The Kier molecular flexibility index (Phi) is 7.52. The van der Waals surface area contributed by atoms with Crippen LogP contribution in [0, 0.1) is 0 Å². The summed E-state index contributed by atoms with van der Waals surface area (Å²) in [7, 11) is 5.19. The second-order valence-electron chi connectivity index (χ2n) is 6.89. The molecule has 3 aromatic rings. The Morgan fingerprint density at radius 2 is 1.81 bits per heavy atom. The molecule has 166 valence electrons. The number of esters is 1. The Balaban J connectivity index is 1.72. The van der Waals surface area contributed by atoms with E-state index >= 15 is 0 Å². The minimum absolute atomic E-state index is 0.291. The van der Waals surface area contributed by atoms with Gasteiger partial charge in [-0.15, -0.1) is 0 Å². The van der Waals surface area contributed by atoms with Crippen molar-refractivity contribution in [3.8, 4) is 11.5 Å². The van der Waals surface area contributed by atoms with E-state index in [1.165, 1.54) is 14.0 Å². The van der Waals surface area contributed by atoms with Gasteiger partial charge in [0, 0.05) is 27.6 Å². The standard InChI is InChI=1S/C22H25N7O3/c1-15(30)32-18-11-10-17(12-19(18)31-4)14-24-28-21-25-20(26-22(27-21)29(2)3)23-13-16-8-6-5-7-9-16/h5-12,14H,13H2,1-4H3,(H2,23,25,26,27,28)/b24-14-. The highest BCUT2D eigenvalue weighted by molar-refractivity contribution is 5.82. The number of methoxy groups -OCH3 is 1. The summed E-state index contributed by atoms with van der Waals surface area (Å²) in [6, 6.07) is 15.1. The van der Waals surface area contributed by atoms with Gasteiger partial charge in [-0.05, 0) is 29.3 Å². The van der Waals surface area contributed by atoms with Crippen LogP contribution in [0.3, 0.4) is 0 Å². The molecule has 0 saturated heterocycles. The van der Waals surface area contributed by atoms with Gasteiger partial charge in [-0.1, -0.05) is 30.3 Å². The molecule has 0 aliphatic heterocycles. The topological polar surface area (TPSA) is 114 Å². The van der Waals surface area contributed by atoms with E-state index in [0.29, 0.717) is 35.9 Å². The van der Waals surface area contributed by atoms with Crippen LogP contribution >= 0.6 is 0 Å². The van der Waals surface area contributed by atoms with Crippen LogP contribution in [0.1, 0.15) is 18.1 Å². The number of aromatic nitrogens is 3. The quantitative estimate of drug-likeness (QED) is 0.227. The van der Waals surface area contributed by atoms with Gasteiger partial charge in [-0.25, -0.2) is 5.43 Å². The summed E-state index contributed by atoms with van der Waals surface area (Å²) >= 11 is 0. The fraction of sp³-hybridized carbons (Fsp3) is 0.227. The Hall–Kier alpha value is -4.21. The maximum absolute atomic E-state index is 11.2. The van der Waals surface area contributed by atoms with E-state index < -0.39 is 5.97 Å². The SMILES string of the molecule is COc1cc(/C=N\Nc2nc(NCc3ccccc3)nc(N(C)C)n2)ccc1OC(C)=O. The van der Waals surface area contributed by atoms with Crippen molar-refractivity contribution in [2.45, 2.75) is 13.5 Å². The van der Waals surface area contributed by atoms with E-state index in [-0.39, 0.29) is 0 Å². The van der Waals surface area contributed by atoms with E-state index in [4.69, 9.17) is 9.47 Å². The van der Waals surface area contributed by atoms with Crippen molar-refractivity contribution < 1.29 is 14.3 Å². The third-order valence-electron chi connectivity index (χ3n) is 4.14. The van der Waals surface area contributed by atoms with Crippen LogP contribution in [0.2, 0.25) is 0 Å². The molecule has 0 fully saturated rings. The second kappa shape index (κ2) is 10.7. The molecule has 32 heavy (non-hydrogen) atoms. The van der Waals surface area contributed by atoms with Gasteiger partial charge in [0.25, 0.3) is 0 Å². The fourth-order valence-corrected chi connectivity index (χ4v) is 2.64. The normalized spacial score (nSPS) is 10.6. The molecule has 2 N–H and O–H groups in total. The number of hydrogen-bond donors (Lipinski definition) is 2. The monoisotopic (exact) mass is 435 g/mol. The lowest BCUT2D eigenvalue weighted by molar-refractivity contribution is -0.132. The van der Waals surface area contributed by atoms with Crippen molar-refractivity contribution in [3.05, 3.63) is 59.7 Å². The Morgan fingerprint density at radius 1 is 1.06 bits per heavy atom. The van der Waals surface area contributed by atoms with E-state index in [1.54, 1.807) is 29.3 Å². The maximum atomic E-state index is 11.2. The predicted molar refractivity (Wildman–Crippen MR) is 123 cm³/mol. The first kappa shape index (κ1) is 22.5.